The number of carbonyl (C=O) groups excluding carboxylic acids is 3. The Hall–Kier alpha value is -2.33. The van der Waals surface area contributed by atoms with Gasteiger partial charge in [-0.2, -0.15) is 10.5 Å². The topological polar surface area (TPSA) is 100 Å². The highest BCUT2D eigenvalue weighted by atomic mass is 16.7. The number of hydrogen-bond donors (Lipinski definition) is 2. The minimum Gasteiger partial charge on any atom is -0.311 e. The number of carbonyl (C=O) groups is 3. The normalized spacial score (nSPS) is 25.7. The second-order valence-corrected chi connectivity index (χ2v) is 9.54. The van der Waals surface area contributed by atoms with Gasteiger partial charge in [-0.15, -0.1) is 0 Å². The lowest BCUT2D eigenvalue weighted by molar-refractivity contribution is -0.140. The molecule has 4 atom stereocenters. The van der Waals surface area contributed by atoms with Crippen molar-refractivity contribution in [2.75, 3.05) is 19.7 Å². The monoisotopic (exact) mass is 488 g/mol. The molecule has 0 aromatic heterocycles. The number of nitrogens with zero attached hydrogens (tertiary/aromatic N) is 2. The van der Waals surface area contributed by atoms with E-state index >= 15 is 0 Å². The highest BCUT2D eigenvalue weighted by Gasteiger charge is 2.46. The first kappa shape index (κ1) is 27.3. The molecule has 194 valence electrons. The fourth-order valence-electron chi connectivity index (χ4n) is 4.64. The Bertz CT molecular complexity index is 828. The molecule has 2 amide bonds. The predicted molar refractivity (Wildman–Crippen MR) is 132 cm³/mol. The van der Waals surface area contributed by atoms with Crippen LogP contribution in [0.5, 0.6) is 0 Å². The SMILES string of the molecule is CC(=O)[C@@H]1CC[C@@H]2CN1C(=O)N2OCc1ccccc1.CCCCON[C@@H]1CC[C@@H](C(C)=O)NC1. The average Bonchev–Trinajstić information content (AvgIpc) is 3.10. The molecule has 2 bridgehead atoms. The Kier molecular flexibility index (Phi) is 10.7. The quantitative estimate of drug-likeness (QED) is 0.386. The fraction of sp³-hybridized carbons (Fsp3) is 0.654. The molecule has 3 fully saturated rings. The van der Waals surface area contributed by atoms with Gasteiger partial charge in [0.15, 0.2) is 5.78 Å². The molecular formula is C26H40N4O5. The van der Waals surface area contributed by atoms with Crippen LogP contribution in [-0.2, 0) is 25.9 Å². The Morgan fingerprint density at radius 3 is 2.49 bits per heavy atom. The van der Waals surface area contributed by atoms with Gasteiger partial charge in [-0.05, 0) is 51.5 Å². The van der Waals surface area contributed by atoms with Gasteiger partial charge in [0.05, 0.1) is 24.7 Å². The van der Waals surface area contributed by atoms with Gasteiger partial charge >= 0.3 is 6.03 Å². The van der Waals surface area contributed by atoms with E-state index in [9.17, 15) is 14.4 Å². The third-order valence-corrected chi connectivity index (χ3v) is 6.76. The van der Waals surface area contributed by atoms with Gasteiger partial charge in [-0.25, -0.2) is 4.79 Å². The van der Waals surface area contributed by atoms with Crippen LogP contribution in [-0.4, -0.2) is 71.4 Å². The van der Waals surface area contributed by atoms with Gasteiger partial charge in [-0.3, -0.25) is 14.4 Å². The number of benzene rings is 1. The molecule has 1 aromatic carbocycles. The molecule has 0 aliphatic carbocycles. The predicted octanol–water partition coefficient (Wildman–Crippen LogP) is 2.99. The zero-order chi connectivity index (χ0) is 25.2. The largest absolute Gasteiger partial charge is 0.344 e. The lowest BCUT2D eigenvalue weighted by atomic mass is 9.98. The van der Waals surface area contributed by atoms with Crippen molar-refractivity contribution in [3.63, 3.8) is 0 Å². The van der Waals surface area contributed by atoms with E-state index in [1.165, 1.54) is 5.06 Å². The number of hydrogen-bond acceptors (Lipinski definition) is 7. The number of nitrogens with one attached hydrogen (secondary N) is 2. The van der Waals surface area contributed by atoms with E-state index in [2.05, 4.69) is 17.7 Å². The molecule has 3 saturated heterocycles. The average molecular weight is 489 g/mol. The molecule has 3 aliphatic heterocycles. The van der Waals surface area contributed by atoms with Gasteiger partial charge in [0, 0.05) is 19.1 Å². The van der Waals surface area contributed by atoms with E-state index in [1.807, 2.05) is 30.3 Å². The molecule has 3 heterocycles. The molecule has 9 heteroatoms. The molecule has 3 aliphatic rings. The van der Waals surface area contributed by atoms with E-state index < -0.39 is 0 Å². The Morgan fingerprint density at radius 1 is 1.09 bits per heavy atom. The lowest BCUT2D eigenvalue weighted by Gasteiger charge is -2.28. The standard InChI is InChI=1S/C15H18N2O3.C11H22N2O2/c1-11(18)14-8-7-13-9-16(14)15(19)17(13)20-10-12-5-3-2-4-6-12;1-3-4-7-15-13-10-5-6-11(9(2)14)12-8-10/h2-6,13-14H,7-10H2,1H3;10-13H,3-8H2,1-2H3/t13-,14+;10-,11+/m11/s1. The number of urea groups is 1. The maximum absolute atomic E-state index is 12.3. The molecule has 9 nitrogen and oxygen atoms in total. The summed E-state index contributed by atoms with van der Waals surface area (Å²) in [7, 11) is 0. The maximum Gasteiger partial charge on any atom is 0.344 e. The van der Waals surface area contributed by atoms with E-state index in [0.29, 0.717) is 19.2 Å². The van der Waals surface area contributed by atoms with Crippen LogP contribution in [0, 0.1) is 0 Å². The third-order valence-electron chi connectivity index (χ3n) is 6.76. The second kappa shape index (κ2) is 13.7. The zero-order valence-corrected chi connectivity index (χ0v) is 21.2. The maximum atomic E-state index is 12.3. The minimum absolute atomic E-state index is 0.0543. The summed E-state index contributed by atoms with van der Waals surface area (Å²) in [5.74, 6) is 0.294. The van der Waals surface area contributed by atoms with Crippen LogP contribution in [0.3, 0.4) is 0 Å². The summed E-state index contributed by atoms with van der Waals surface area (Å²) in [6.07, 6.45) is 5.70. The number of Topliss-reactive ketones (excluding diaryl/α,β-unsaturated/α-hetero) is 2. The summed E-state index contributed by atoms with van der Waals surface area (Å²) in [6, 6.07) is 9.78. The van der Waals surface area contributed by atoms with Crippen molar-refractivity contribution in [3.05, 3.63) is 35.9 Å². The molecule has 0 unspecified atom stereocenters. The Labute approximate surface area is 208 Å². The van der Waals surface area contributed by atoms with E-state index in [-0.39, 0.29) is 35.7 Å². The first-order valence-corrected chi connectivity index (χ1v) is 12.8. The number of unbranched alkanes of at least 4 members (excludes halogenated alkanes) is 1. The summed E-state index contributed by atoms with van der Waals surface area (Å²) >= 11 is 0. The van der Waals surface area contributed by atoms with Crippen molar-refractivity contribution in [3.8, 4) is 0 Å². The molecule has 0 saturated carbocycles. The summed E-state index contributed by atoms with van der Waals surface area (Å²) in [4.78, 5) is 47.6. The van der Waals surface area contributed by atoms with E-state index in [0.717, 1.165) is 57.2 Å². The summed E-state index contributed by atoms with van der Waals surface area (Å²) in [5, 5.41) is 4.67. The number of hydroxylamine groups is 3. The number of fused-ring (bicyclic) bond motifs is 2. The summed E-state index contributed by atoms with van der Waals surface area (Å²) in [5.41, 5.74) is 4.07. The van der Waals surface area contributed by atoms with Gasteiger partial charge in [0.25, 0.3) is 0 Å². The third kappa shape index (κ3) is 7.83. The van der Waals surface area contributed by atoms with Gasteiger partial charge in [0.2, 0.25) is 0 Å². The van der Waals surface area contributed by atoms with Crippen molar-refractivity contribution in [1.29, 1.82) is 0 Å². The minimum atomic E-state index is -0.274. The Morgan fingerprint density at radius 2 is 1.86 bits per heavy atom. The highest BCUT2D eigenvalue weighted by molar-refractivity contribution is 5.88. The van der Waals surface area contributed by atoms with E-state index in [1.54, 1.807) is 18.7 Å². The van der Waals surface area contributed by atoms with Gasteiger partial charge in [0.1, 0.15) is 12.4 Å². The van der Waals surface area contributed by atoms with E-state index in [4.69, 9.17) is 9.68 Å². The van der Waals surface area contributed by atoms with Crippen LogP contribution in [0.15, 0.2) is 30.3 Å². The van der Waals surface area contributed by atoms with Crippen molar-refractivity contribution in [2.24, 2.45) is 0 Å². The van der Waals surface area contributed by atoms with Crippen LogP contribution in [0.1, 0.15) is 64.9 Å². The molecule has 4 rings (SSSR count). The summed E-state index contributed by atoms with van der Waals surface area (Å²) < 4.78 is 0. The highest BCUT2D eigenvalue weighted by Crippen LogP contribution is 2.30. The lowest BCUT2D eigenvalue weighted by Crippen LogP contribution is -2.50. The first-order valence-electron chi connectivity index (χ1n) is 12.8. The first-order chi connectivity index (χ1) is 16.9. The van der Waals surface area contributed by atoms with Crippen LogP contribution < -0.4 is 10.8 Å². The number of amides is 2. The van der Waals surface area contributed by atoms with Crippen LogP contribution >= 0.6 is 0 Å². The van der Waals surface area contributed by atoms with Crippen LogP contribution in [0.25, 0.3) is 0 Å². The number of piperidine rings is 2. The molecule has 2 N–H and O–H groups in total. The molecule has 35 heavy (non-hydrogen) atoms. The van der Waals surface area contributed by atoms with Crippen molar-refractivity contribution in [2.45, 2.75) is 90.1 Å². The molecule has 0 spiro atoms. The van der Waals surface area contributed by atoms with Gasteiger partial charge < -0.3 is 15.1 Å². The molecular weight excluding hydrogens is 448 g/mol. The van der Waals surface area contributed by atoms with Crippen molar-refractivity contribution < 1.29 is 24.1 Å². The van der Waals surface area contributed by atoms with Gasteiger partial charge in [-0.1, -0.05) is 43.7 Å². The summed E-state index contributed by atoms with van der Waals surface area (Å²) in [6.45, 7) is 7.89. The fourth-order valence-corrected chi connectivity index (χ4v) is 4.64. The van der Waals surface area contributed by atoms with Crippen LogP contribution in [0.4, 0.5) is 4.79 Å². The second-order valence-electron chi connectivity index (χ2n) is 9.54. The zero-order valence-electron chi connectivity index (χ0n) is 21.2. The molecule has 0 radical (unpaired) electrons. The van der Waals surface area contributed by atoms with Crippen molar-refractivity contribution in [1.82, 2.24) is 20.8 Å². The smallest absolute Gasteiger partial charge is 0.311 e. The number of rotatable bonds is 10. The molecule has 1 aromatic rings. The van der Waals surface area contributed by atoms with Crippen LogP contribution in [0.2, 0.25) is 0 Å². The van der Waals surface area contributed by atoms with Crippen molar-refractivity contribution >= 4 is 17.6 Å². The Balaban J connectivity index is 0.000000205. The number of ketones is 2.